The second-order valence-corrected chi connectivity index (χ2v) is 2.12. The van der Waals surface area contributed by atoms with Gasteiger partial charge in [0.25, 0.3) is 0 Å². The minimum Gasteiger partial charge on any atom is -0.361 e. The van der Waals surface area contributed by atoms with Crippen LogP contribution in [0.3, 0.4) is 0 Å². The van der Waals surface area contributed by atoms with Crippen LogP contribution in [0.25, 0.3) is 0 Å². The lowest BCUT2D eigenvalue weighted by Crippen LogP contribution is -2.28. The fourth-order valence-electron chi connectivity index (χ4n) is 0.675. The first-order valence-corrected chi connectivity index (χ1v) is 3.30. The number of nitrogens with two attached hydrogens (primary N) is 1. The first-order valence-electron chi connectivity index (χ1n) is 3.30. The van der Waals surface area contributed by atoms with Crippen molar-refractivity contribution in [3.8, 4) is 0 Å². The Labute approximate surface area is 69.4 Å². The van der Waals surface area contributed by atoms with Crippen molar-refractivity contribution in [2.24, 2.45) is 5.73 Å². The van der Waals surface area contributed by atoms with Gasteiger partial charge < -0.3 is 5.73 Å². The molecule has 0 saturated heterocycles. The van der Waals surface area contributed by atoms with Crippen molar-refractivity contribution in [3.63, 3.8) is 0 Å². The van der Waals surface area contributed by atoms with E-state index in [1.807, 2.05) is 0 Å². The summed E-state index contributed by atoms with van der Waals surface area (Å²) in [5.74, 6) is -1.97. The zero-order valence-corrected chi connectivity index (χ0v) is 6.23. The van der Waals surface area contributed by atoms with Crippen molar-refractivity contribution in [3.05, 3.63) is 30.3 Å². The molecule has 2 amide bonds. The fourth-order valence-corrected chi connectivity index (χ4v) is 0.675. The number of rotatable bonds is 1. The van der Waals surface area contributed by atoms with E-state index in [-0.39, 0.29) is 0 Å². The van der Waals surface area contributed by atoms with Crippen LogP contribution in [0.4, 0.5) is 5.69 Å². The monoisotopic (exact) mass is 163 g/mol. The van der Waals surface area contributed by atoms with Gasteiger partial charge in [-0.1, -0.05) is 18.2 Å². The van der Waals surface area contributed by atoms with Gasteiger partial charge in [0.2, 0.25) is 0 Å². The molecule has 1 rings (SSSR count). The summed E-state index contributed by atoms with van der Waals surface area (Å²) in [6.07, 6.45) is 0. The molecular formula is C8H7N2O2. The molecule has 61 valence electrons. The van der Waals surface area contributed by atoms with Crippen LogP contribution in [-0.2, 0) is 9.59 Å². The maximum absolute atomic E-state index is 10.7. The number of nitrogens with zero attached hydrogens (tertiary/aromatic N) is 1. The molecule has 1 radical (unpaired) electrons. The predicted molar refractivity (Wildman–Crippen MR) is 42.4 cm³/mol. The Bertz CT molecular complexity index is 295. The Morgan fingerprint density at radius 3 is 2.25 bits per heavy atom. The average molecular weight is 163 g/mol. The molecule has 1 aromatic carbocycles. The summed E-state index contributed by atoms with van der Waals surface area (Å²) in [6.45, 7) is 0. The molecule has 12 heavy (non-hydrogen) atoms. The molecule has 0 aliphatic rings. The Morgan fingerprint density at radius 1 is 1.17 bits per heavy atom. The first-order chi connectivity index (χ1) is 5.70. The van der Waals surface area contributed by atoms with Crippen LogP contribution in [0, 0.1) is 0 Å². The highest BCUT2D eigenvalue weighted by Crippen LogP contribution is 2.04. The molecule has 4 nitrogen and oxygen atoms in total. The molecule has 1 aromatic rings. The molecule has 0 spiro atoms. The van der Waals surface area contributed by atoms with Crippen molar-refractivity contribution in [2.45, 2.75) is 0 Å². The maximum atomic E-state index is 10.7. The highest BCUT2D eigenvalue weighted by Gasteiger charge is 2.09. The minimum absolute atomic E-state index is 0.432. The van der Waals surface area contributed by atoms with E-state index < -0.39 is 11.8 Å². The molecule has 4 heteroatoms. The van der Waals surface area contributed by atoms with Crippen LogP contribution in [0.5, 0.6) is 0 Å². The Balaban J connectivity index is 2.65. The second-order valence-electron chi connectivity index (χ2n) is 2.12. The maximum Gasteiger partial charge on any atom is 0.335 e. The largest absolute Gasteiger partial charge is 0.361 e. The molecule has 0 aliphatic carbocycles. The van der Waals surface area contributed by atoms with Crippen LogP contribution < -0.4 is 11.1 Å². The van der Waals surface area contributed by atoms with Gasteiger partial charge >= 0.3 is 11.8 Å². The molecule has 2 N–H and O–H groups in total. The van der Waals surface area contributed by atoms with Crippen LogP contribution >= 0.6 is 0 Å². The molecule has 0 saturated carbocycles. The third kappa shape index (κ3) is 2.09. The first kappa shape index (κ1) is 8.26. The highest BCUT2D eigenvalue weighted by atomic mass is 16.2. The molecule has 0 unspecified atom stereocenters. The number of carbonyl (C=O) groups excluding carboxylic acids is 2. The quantitative estimate of drug-likeness (QED) is 0.588. The van der Waals surface area contributed by atoms with E-state index in [4.69, 9.17) is 5.73 Å². The van der Waals surface area contributed by atoms with Gasteiger partial charge in [-0.05, 0) is 12.1 Å². The van der Waals surface area contributed by atoms with Gasteiger partial charge in [0.15, 0.2) is 0 Å². The summed E-state index contributed by atoms with van der Waals surface area (Å²) in [6, 6.07) is 8.44. The summed E-state index contributed by atoms with van der Waals surface area (Å²) in [5.41, 5.74) is 5.13. The normalized spacial score (nSPS) is 9.00. The van der Waals surface area contributed by atoms with Gasteiger partial charge in [0, 0.05) is 0 Å². The molecule has 0 aromatic heterocycles. The second kappa shape index (κ2) is 3.52. The third-order valence-corrected chi connectivity index (χ3v) is 1.20. The van der Waals surface area contributed by atoms with E-state index in [9.17, 15) is 9.59 Å². The van der Waals surface area contributed by atoms with Crippen molar-refractivity contribution in [1.82, 2.24) is 5.32 Å². The van der Waals surface area contributed by atoms with Crippen LogP contribution in [0.15, 0.2) is 30.3 Å². The zero-order chi connectivity index (χ0) is 8.97. The lowest BCUT2D eigenvalue weighted by molar-refractivity contribution is -0.136. The lowest BCUT2D eigenvalue weighted by Gasteiger charge is -1.96. The van der Waals surface area contributed by atoms with Gasteiger partial charge in [0.1, 0.15) is 0 Å². The number of benzene rings is 1. The number of hydrogen-bond donors (Lipinski definition) is 1. The van der Waals surface area contributed by atoms with Gasteiger partial charge in [-0.2, -0.15) is 0 Å². The molecule has 0 aliphatic heterocycles. The van der Waals surface area contributed by atoms with E-state index in [2.05, 4.69) is 5.32 Å². The van der Waals surface area contributed by atoms with Gasteiger partial charge in [-0.25, -0.2) is 5.32 Å². The van der Waals surface area contributed by atoms with E-state index in [1.165, 1.54) is 0 Å². The SMILES string of the molecule is NC(=O)C(=O)[N]c1ccccc1. The Hall–Kier alpha value is -1.84. The van der Waals surface area contributed by atoms with Crippen molar-refractivity contribution >= 4 is 17.5 Å². The smallest absolute Gasteiger partial charge is 0.335 e. The summed E-state index contributed by atoms with van der Waals surface area (Å²) in [5, 5.41) is 3.45. The number of carbonyl (C=O) groups is 2. The highest BCUT2D eigenvalue weighted by molar-refractivity contribution is 6.35. The summed E-state index contributed by atoms with van der Waals surface area (Å²) in [7, 11) is 0. The average Bonchev–Trinajstić information content (AvgIpc) is 2.06. The third-order valence-electron chi connectivity index (χ3n) is 1.20. The van der Waals surface area contributed by atoms with Crippen molar-refractivity contribution in [1.29, 1.82) is 0 Å². The Kier molecular flexibility index (Phi) is 2.42. The molecule has 0 fully saturated rings. The number of amides is 2. The van der Waals surface area contributed by atoms with Crippen LogP contribution in [-0.4, -0.2) is 11.8 Å². The molecular weight excluding hydrogens is 156 g/mol. The van der Waals surface area contributed by atoms with E-state index in [0.717, 1.165) is 0 Å². The topological polar surface area (TPSA) is 74.3 Å². The molecule has 0 heterocycles. The van der Waals surface area contributed by atoms with Crippen molar-refractivity contribution < 1.29 is 9.59 Å². The molecule has 0 atom stereocenters. The summed E-state index contributed by atoms with van der Waals surface area (Å²) in [4.78, 5) is 21.0. The number of primary amides is 1. The minimum atomic E-state index is -1.04. The van der Waals surface area contributed by atoms with Gasteiger partial charge in [-0.15, -0.1) is 0 Å². The van der Waals surface area contributed by atoms with Crippen molar-refractivity contribution in [2.75, 3.05) is 0 Å². The van der Waals surface area contributed by atoms with Gasteiger partial charge in [0.05, 0.1) is 5.69 Å². The number of para-hydroxylation sites is 1. The lowest BCUT2D eigenvalue weighted by atomic mass is 10.3. The van der Waals surface area contributed by atoms with Gasteiger partial charge in [-0.3, -0.25) is 9.59 Å². The van der Waals surface area contributed by atoms with E-state index in [0.29, 0.717) is 5.69 Å². The van der Waals surface area contributed by atoms with Crippen LogP contribution in [0.1, 0.15) is 0 Å². The zero-order valence-electron chi connectivity index (χ0n) is 6.23. The van der Waals surface area contributed by atoms with Crippen LogP contribution in [0.2, 0.25) is 0 Å². The fraction of sp³-hybridized carbons (Fsp3) is 0. The predicted octanol–water partition coefficient (Wildman–Crippen LogP) is -0.0656. The number of hydrogen-bond acceptors (Lipinski definition) is 2. The summed E-state index contributed by atoms with van der Waals surface area (Å²) >= 11 is 0. The van der Waals surface area contributed by atoms with E-state index in [1.54, 1.807) is 30.3 Å². The molecule has 0 bridgehead atoms. The Morgan fingerprint density at radius 2 is 1.75 bits per heavy atom. The standard InChI is InChI=1S/C8H7N2O2/c9-7(11)8(12)10-6-4-2-1-3-5-6/h1-5H,(H2,9,11). The summed E-state index contributed by atoms with van der Waals surface area (Å²) < 4.78 is 0. The van der Waals surface area contributed by atoms with E-state index >= 15 is 0 Å².